The van der Waals surface area contributed by atoms with E-state index in [0.717, 1.165) is 18.4 Å². The van der Waals surface area contributed by atoms with Crippen LogP contribution in [0, 0.1) is 0 Å². The molecule has 0 aromatic heterocycles. The Morgan fingerprint density at radius 2 is 2.22 bits per heavy atom. The first-order valence-electron chi connectivity index (χ1n) is 6.34. The number of aliphatic carboxylic acids is 1. The minimum absolute atomic E-state index is 0.143. The van der Waals surface area contributed by atoms with Crippen LogP contribution in [0.5, 0.6) is 5.75 Å². The van der Waals surface area contributed by atoms with Gasteiger partial charge in [-0.05, 0) is 37.5 Å². The van der Waals surface area contributed by atoms with Gasteiger partial charge in [0.15, 0.2) is 0 Å². The highest BCUT2D eigenvalue weighted by Gasteiger charge is 2.32. The van der Waals surface area contributed by atoms with Gasteiger partial charge in [-0.1, -0.05) is 12.1 Å². The number of rotatable bonds is 6. The van der Waals surface area contributed by atoms with Crippen molar-refractivity contribution in [3.05, 3.63) is 29.8 Å². The number of nitrogens with zero attached hydrogens (tertiary/aromatic N) is 1. The zero-order valence-electron chi connectivity index (χ0n) is 10.5. The largest absolute Gasteiger partial charge is 0.508 e. The summed E-state index contributed by atoms with van der Waals surface area (Å²) in [7, 11) is 0. The van der Waals surface area contributed by atoms with Gasteiger partial charge in [0.05, 0.1) is 6.42 Å². The Kier molecular flexibility index (Phi) is 3.87. The van der Waals surface area contributed by atoms with Crippen LogP contribution in [-0.4, -0.2) is 33.7 Å². The molecule has 1 atom stereocenters. The fourth-order valence-corrected chi connectivity index (χ4v) is 2.30. The molecule has 1 aromatic carbocycles. The molecule has 2 N–H and O–H groups in total. The van der Waals surface area contributed by atoms with E-state index >= 15 is 0 Å². The standard InChI is InChI=1S/C14H19NO3/c1-10(11-3-2-4-13(16)9-11)15(12-5-6-12)8-7-14(17)18/h2-4,9-10,12,16H,5-8H2,1H3,(H,17,18). The predicted octanol–water partition coefficient (Wildman–Crippen LogP) is 2.39. The number of phenolic OH excluding ortho intramolecular Hbond substituents is 1. The molecule has 0 spiro atoms. The number of benzene rings is 1. The monoisotopic (exact) mass is 249 g/mol. The summed E-state index contributed by atoms with van der Waals surface area (Å²) in [6.07, 6.45) is 2.45. The van der Waals surface area contributed by atoms with Crippen LogP contribution < -0.4 is 0 Å². The molecule has 0 amide bonds. The first-order valence-corrected chi connectivity index (χ1v) is 6.34. The van der Waals surface area contributed by atoms with Crippen molar-refractivity contribution in [1.29, 1.82) is 0 Å². The van der Waals surface area contributed by atoms with Gasteiger partial charge < -0.3 is 10.2 Å². The van der Waals surface area contributed by atoms with E-state index in [9.17, 15) is 9.90 Å². The van der Waals surface area contributed by atoms with Crippen molar-refractivity contribution < 1.29 is 15.0 Å². The average Bonchev–Trinajstić information content (AvgIpc) is 3.13. The van der Waals surface area contributed by atoms with Gasteiger partial charge in [-0.15, -0.1) is 0 Å². The van der Waals surface area contributed by atoms with Crippen LogP contribution in [0.25, 0.3) is 0 Å². The third kappa shape index (κ3) is 3.23. The molecule has 0 radical (unpaired) electrons. The first-order chi connectivity index (χ1) is 8.58. The minimum atomic E-state index is -0.760. The lowest BCUT2D eigenvalue weighted by Crippen LogP contribution is -2.31. The van der Waals surface area contributed by atoms with Crippen LogP contribution in [0.4, 0.5) is 0 Å². The fraction of sp³-hybridized carbons (Fsp3) is 0.500. The van der Waals surface area contributed by atoms with Gasteiger partial charge in [-0.25, -0.2) is 0 Å². The van der Waals surface area contributed by atoms with Gasteiger partial charge in [0, 0.05) is 18.6 Å². The zero-order valence-corrected chi connectivity index (χ0v) is 10.5. The van der Waals surface area contributed by atoms with Crippen molar-refractivity contribution in [2.75, 3.05) is 6.54 Å². The van der Waals surface area contributed by atoms with E-state index in [1.807, 2.05) is 12.1 Å². The van der Waals surface area contributed by atoms with E-state index in [1.165, 1.54) is 0 Å². The summed E-state index contributed by atoms with van der Waals surface area (Å²) in [5, 5.41) is 18.3. The highest BCUT2D eigenvalue weighted by Crippen LogP contribution is 2.34. The molecule has 1 aliphatic rings. The third-order valence-electron chi connectivity index (χ3n) is 3.45. The smallest absolute Gasteiger partial charge is 0.304 e. The maximum atomic E-state index is 10.7. The Hall–Kier alpha value is -1.55. The van der Waals surface area contributed by atoms with Crippen molar-refractivity contribution in [2.24, 2.45) is 0 Å². The van der Waals surface area contributed by atoms with Gasteiger partial charge in [0.25, 0.3) is 0 Å². The maximum absolute atomic E-state index is 10.7. The minimum Gasteiger partial charge on any atom is -0.508 e. The Morgan fingerprint density at radius 3 is 2.78 bits per heavy atom. The molecular weight excluding hydrogens is 230 g/mol. The van der Waals surface area contributed by atoms with E-state index in [-0.39, 0.29) is 18.2 Å². The lowest BCUT2D eigenvalue weighted by molar-refractivity contribution is -0.137. The van der Waals surface area contributed by atoms with E-state index in [2.05, 4.69) is 11.8 Å². The second kappa shape index (κ2) is 5.40. The molecule has 0 saturated heterocycles. The summed E-state index contributed by atoms with van der Waals surface area (Å²) in [6.45, 7) is 2.63. The lowest BCUT2D eigenvalue weighted by Gasteiger charge is -2.29. The van der Waals surface area contributed by atoms with Gasteiger partial charge in [-0.3, -0.25) is 9.69 Å². The highest BCUT2D eigenvalue weighted by molar-refractivity contribution is 5.66. The molecule has 1 fully saturated rings. The maximum Gasteiger partial charge on any atom is 0.304 e. The van der Waals surface area contributed by atoms with Crippen LogP contribution in [-0.2, 0) is 4.79 Å². The second-order valence-electron chi connectivity index (χ2n) is 4.88. The van der Waals surface area contributed by atoms with Crippen molar-refractivity contribution in [3.63, 3.8) is 0 Å². The summed E-state index contributed by atoms with van der Waals surface area (Å²) < 4.78 is 0. The number of hydrogen-bond donors (Lipinski definition) is 2. The van der Waals surface area contributed by atoms with Gasteiger partial charge in [0.1, 0.15) is 5.75 Å². The number of carboxylic acids is 1. The molecule has 18 heavy (non-hydrogen) atoms. The van der Waals surface area contributed by atoms with Gasteiger partial charge in [0.2, 0.25) is 0 Å². The number of aromatic hydroxyl groups is 1. The van der Waals surface area contributed by atoms with E-state index in [1.54, 1.807) is 12.1 Å². The summed E-state index contributed by atoms with van der Waals surface area (Å²) >= 11 is 0. The van der Waals surface area contributed by atoms with Gasteiger partial charge >= 0.3 is 5.97 Å². The Bertz CT molecular complexity index is 429. The molecule has 1 aromatic rings. The van der Waals surface area contributed by atoms with Crippen molar-refractivity contribution in [3.8, 4) is 5.75 Å². The van der Waals surface area contributed by atoms with Crippen LogP contribution in [0.2, 0.25) is 0 Å². The quantitative estimate of drug-likeness (QED) is 0.812. The highest BCUT2D eigenvalue weighted by atomic mass is 16.4. The summed E-state index contributed by atoms with van der Waals surface area (Å²) in [6, 6.07) is 7.84. The molecule has 4 heteroatoms. The average molecular weight is 249 g/mol. The number of hydrogen-bond acceptors (Lipinski definition) is 3. The molecule has 1 unspecified atom stereocenters. The predicted molar refractivity (Wildman–Crippen MR) is 68.5 cm³/mol. The third-order valence-corrected chi connectivity index (χ3v) is 3.45. The molecule has 4 nitrogen and oxygen atoms in total. The molecular formula is C14H19NO3. The van der Waals surface area contributed by atoms with Crippen molar-refractivity contribution in [2.45, 2.75) is 38.3 Å². The van der Waals surface area contributed by atoms with Crippen LogP contribution >= 0.6 is 0 Å². The molecule has 1 aliphatic carbocycles. The summed E-state index contributed by atoms with van der Waals surface area (Å²) in [4.78, 5) is 12.9. The lowest BCUT2D eigenvalue weighted by atomic mass is 10.1. The van der Waals surface area contributed by atoms with E-state index < -0.39 is 5.97 Å². The Balaban J connectivity index is 2.07. The van der Waals surface area contributed by atoms with E-state index in [0.29, 0.717) is 12.6 Å². The fourth-order valence-electron chi connectivity index (χ4n) is 2.30. The van der Waals surface area contributed by atoms with E-state index in [4.69, 9.17) is 5.11 Å². The van der Waals surface area contributed by atoms with Crippen LogP contribution in [0.15, 0.2) is 24.3 Å². The van der Waals surface area contributed by atoms with Gasteiger partial charge in [-0.2, -0.15) is 0 Å². The zero-order chi connectivity index (χ0) is 13.1. The number of phenols is 1. The first kappa shape index (κ1) is 12.9. The molecule has 0 heterocycles. The number of carbonyl (C=O) groups is 1. The topological polar surface area (TPSA) is 60.8 Å². The van der Waals surface area contributed by atoms with Crippen LogP contribution in [0.3, 0.4) is 0 Å². The Labute approximate surface area is 107 Å². The second-order valence-corrected chi connectivity index (χ2v) is 4.88. The molecule has 2 rings (SSSR count). The van der Waals surface area contributed by atoms with Crippen molar-refractivity contribution in [1.82, 2.24) is 4.90 Å². The molecule has 0 bridgehead atoms. The molecule has 0 aliphatic heterocycles. The number of carboxylic acid groups (broad SMARTS) is 1. The van der Waals surface area contributed by atoms with Crippen LogP contribution in [0.1, 0.15) is 37.8 Å². The summed E-state index contributed by atoms with van der Waals surface area (Å²) in [5.41, 5.74) is 1.03. The normalized spacial score (nSPS) is 16.8. The Morgan fingerprint density at radius 1 is 1.50 bits per heavy atom. The SMILES string of the molecule is CC(c1cccc(O)c1)N(CCC(=O)O)C1CC1. The summed E-state index contributed by atoms with van der Waals surface area (Å²) in [5.74, 6) is -0.503. The molecule has 1 saturated carbocycles. The molecule has 98 valence electrons. The van der Waals surface area contributed by atoms with Crippen molar-refractivity contribution >= 4 is 5.97 Å².